The predicted molar refractivity (Wildman–Crippen MR) is 123 cm³/mol. The summed E-state index contributed by atoms with van der Waals surface area (Å²) in [6.45, 7) is 6.82. The van der Waals surface area contributed by atoms with Gasteiger partial charge in [0.05, 0.1) is 0 Å². The van der Waals surface area contributed by atoms with Gasteiger partial charge in [0.1, 0.15) is 9.77 Å². The molecule has 6 nitrogen and oxygen atoms in total. The first-order chi connectivity index (χ1) is 14.5. The number of hydrogen-bond donors (Lipinski definition) is 0. The first kappa shape index (κ1) is 21.8. The lowest BCUT2D eigenvalue weighted by molar-refractivity contribution is 0.0629. The van der Waals surface area contributed by atoms with Crippen molar-refractivity contribution >= 4 is 39.0 Å². The maximum Gasteiger partial charge on any atom is 0.265 e. The van der Waals surface area contributed by atoms with Crippen molar-refractivity contribution in [3.05, 3.63) is 51.7 Å². The van der Waals surface area contributed by atoms with E-state index in [2.05, 4.69) is 30.0 Å². The quantitative estimate of drug-likeness (QED) is 0.680. The van der Waals surface area contributed by atoms with Gasteiger partial charge < -0.3 is 4.90 Å². The number of carbonyl (C=O) groups is 1. The fourth-order valence-electron chi connectivity index (χ4n) is 3.86. The summed E-state index contributed by atoms with van der Waals surface area (Å²) in [5.41, 5.74) is 2.59. The standard InChI is InChI=1S/C21H27N3O3S3/c1-17-4-2-3-5-18(17)16-22-7-9-23(10-8-22)21(25)20-19(6-13-29-20)30(26,27)24-11-14-28-15-12-24/h2-6,13H,7-12,14-16H2,1H3. The highest BCUT2D eigenvalue weighted by molar-refractivity contribution is 7.99. The van der Waals surface area contributed by atoms with Crippen LogP contribution in [-0.4, -0.2) is 79.2 Å². The minimum Gasteiger partial charge on any atom is -0.335 e. The van der Waals surface area contributed by atoms with Crippen molar-refractivity contribution in [3.63, 3.8) is 0 Å². The Morgan fingerprint density at radius 3 is 2.40 bits per heavy atom. The molecular weight excluding hydrogens is 438 g/mol. The smallest absolute Gasteiger partial charge is 0.265 e. The number of thioether (sulfide) groups is 1. The van der Waals surface area contributed by atoms with E-state index in [1.54, 1.807) is 28.1 Å². The number of carbonyl (C=O) groups excluding carboxylic acids is 1. The molecule has 2 aliphatic heterocycles. The zero-order valence-corrected chi connectivity index (χ0v) is 19.6. The topological polar surface area (TPSA) is 60.9 Å². The van der Waals surface area contributed by atoms with Gasteiger partial charge in [-0.25, -0.2) is 8.42 Å². The fraction of sp³-hybridized carbons (Fsp3) is 0.476. The van der Waals surface area contributed by atoms with E-state index in [0.29, 0.717) is 31.1 Å². The second-order valence-electron chi connectivity index (χ2n) is 7.63. The second kappa shape index (κ2) is 9.40. The molecule has 162 valence electrons. The number of rotatable bonds is 5. The molecule has 3 heterocycles. The fourth-order valence-corrected chi connectivity index (χ4v) is 7.80. The van der Waals surface area contributed by atoms with Gasteiger partial charge in [-0.1, -0.05) is 24.3 Å². The van der Waals surface area contributed by atoms with Crippen LogP contribution in [0.1, 0.15) is 20.8 Å². The van der Waals surface area contributed by atoms with Crippen LogP contribution < -0.4 is 0 Å². The Morgan fingerprint density at radius 2 is 1.70 bits per heavy atom. The zero-order valence-electron chi connectivity index (χ0n) is 17.1. The minimum absolute atomic E-state index is 0.162. The Bertz CT molecular complexity index is 992. The Hall–Kier alpha value is -1.39. The molecule has 0 bridgehead atoms. The molecule has 0 atom stereocenters. The van der Waals surface area contributed by atoms with Crippen molar-refractivity contribution < 1.29 is 13.2 Å². The molecule has 2 saturated heterocycles. The Balaban J connectivity index is 1.42. The van der Waals surface area contributed by atoms with Gasteiger partial charge in [0, 0.05) is 57.3 Å². The molecule has 4 rings (SSSR count). The van der Waals surface area contributed by atoms with E-state index in [1.807, 2.05) is 6.07 Å². The van der Waals surface area contributed by atoms with Crippen LogP contribution in [-0.2, 0) is 16.6 Å². The third-order valence-electron chi connectivity index (χ3n) is 5.73. The molecule has 9 heteroatoms. The number of amides is 1. The molecule has 0 N–H and O–H groups in total. The first-order valence-corrected chi connectivity index (χ1v) is 13.7. The third-order valence-corrected chi connectivity index (χ3v) is 9.64. The van der Waals surface area contributed by atoms with Crippen molar-refractivity contribution in [3.8, 4) is 0 Å². The summed E-state index contributed by atoms with van der Waals surface area (Å²) in [4.78, 5) is 17.8. The van der Waals surface area contributed by atoms with E-state index in [9.17, 15) is 13.2 Å². The molecule has 2 aromatic rings. The van der Waals surface area contributed by atoms with E-state index in [0.717, 1.165) is 31.1 Å². The van der Waals surface area contributed by atoms with Crippen molar-refractivity contribution in [2.24, 2.45) is 0 Å². The van der Waals surface area contributed by atoms with Crippen molar-refractivity contribution in [1.82, 2.24) is 14.1 Å². The average Bonchev–Trinajstić information content (AvgIpc) is 3.27. The summed E-state index contributed by atoms with van der Waals surface area (Å²) in [7, 11) is -3.62. The number of piperazine rings is 1. The number of sulfonamides is 1. The highest BCUT2D eigenvalue weighted by atomic mass is 32.2. The molecule has 0 unspecified atom stereocenters. The normalized spacial score (nSPS) is 19.2. The molecule has 0 aliphatic carbocycles. The van der Waals surface area contributed by atoms with E-state index >= 15 is 0 Å². The average molecular weight is 466 g/mol. The van der Waals surface area contributed by atoms with Crippen LogP contribution in [0.4, 0.5) is 0 Å². The summed E-state index contributed by atoms with van der Waals surface area (Å²) < 4.78 is 27.7. The van der Waals surface area contributed by atoms with Crippen molar-refractivity contribution in [2.75, 3.05) is 50.8 Å². The summed E-state index contributed by atoms with van der Waals surface area (Å²) in [5, 5.41) is 1.72. The van der Waals surface area contributed by atoms with Crippen LogP contribution in [0.25, 0.3) is 0 Å². The van der Waals surface area contributed by atoms with Crippen LogP contribution in [0, 0.1) is 6.92 Å². The SMILES string of the molecule is Cc1ccccc1CN1CCN(C(=O)c2sccc2S(=O)(=O)N2CCSCC2)CC1. The highest BCUT2D eigenvalue weighted by Gasteiger charge is 2.33. The largest absolute Gasteiger partial charge is 0.335 e. The maximum absolute atomic E-state index is 13.2. The summed E-state index contributed by atoms with van der Waals surface area (Å²) in [5.74, 6) is 1.44. The molecule has 30 heavy (non-hydrogen) atoms. The zero-order chi connectivity index (χ0) is 21.1. The number of nitrogens with zero attached hydrogens (tertiary/aromatic N) is 3. The van der Waals surface area contributed by atoms with Gasteiger partial charge in [-0.15, -0.1) is 11.3 Å². The number of benzene rings is 1. The minimum atomic E-state index is -3.62. The molecule has 0 radical (unpaired) electrons. The van der Waals surface area contributed by atoms with Crippen LogP contribution in [0.5, 0.6) is 0 Å². The second-order valence-corrected chi connectivity index (χ2v) is 11.7. The molecule has 0 saturated carbocycles. The molecular formula is C21H27N3O3S3. The lowest BCUT2D eigenvalue weighted by Gasteiger charge is -2.35. The van der Waals surface area contributed by atoms with Crippen LogP contribution in [0.3, 0.4) is 0 Å². The molecule has 1 amide bonds. The van der Waals surface area contributed by atoms with Gasteiger partial charge in [-0.05, 0) is 29.5 Å². The first-order valence-electron chi connectivity index (χ1n) is 10.2. The van der Waals surface area contributed by atoms with E-state index < -0.39 is 10.0 Å². The summed E-state index contributed by atoms with van der Waals surface area (Å²) in [6.07, 6.45) is 0. The van der Waals surface area contributed by atoms with E-state index in [4.69, 9.17) is 0 Å². The predicted octanol–water partition coefficient (Wildman–Crippen LogP) is 2.75. The van der Waals surface area contributed by atoms with Gasteiger partial charge >= 0.3 is 0 Å². The van der Waals surface area contributed by atoms with Gasteiger partial charge in [-0.2, -0.15) is 16.1 Å². The third kappa shape index (κ3) is 4.60. The number of hydrogen-bond acceptors (Lipinski definition) is 6. The maximum atomic E-state index is 13.2. The Kier molecular flexibility index (Phi) is 6.84. The van der Waals surface area contributed by atoms with Gasteiger partial charge in [0.2, 0.25) is 10.0 Å². The summed E-state index contributed by atoms with van der Waals surface area (Å²) in [6, 6.07) is 9.96. The molecule has 2 fully saturated rings. The summed E-state index contributed by atoms with van der Waals surface area (Å²) >= 11 is 3.00. The van der Waals surface area contributed by atoms with Crippen LogP contribution in [0.2, 0.25) is 0 Å². The highest BCUT2D eigenvalue weighted by Crippen LogP contribution is 2.28. The monoisotopic (exact) mass is 465 g/mol. The molecule has 1 aromatic carbocycles. The molecule has 2 aliphatic rings. The van der Waals surface area contributed by atoms with Crippen molar-refractivity contribution in [2.45, 2.75) is 18.4 Å². The Morgan fingerprint density at radius 1 is 1.00 bits per heavy atom. The van der Waals surface area contributed by atoms with Crippen LogP contribution in [0.15, 0.2) is 40.6 Å². The van der Waals surface area contributed by atoms with Gasteiger partial charge in [-0.3, -0.25) is 9.69 Å². The van der Waals surface area contributed by atoms with Gasteiger partial charge in [0.15, 0.2) is 0 Å². The lowest BCUT2D eigenvalue weighted by atomic mass is 10.1. The van der Waals surface area contributed by atoms with E-state index in [1.165, 1.54) is 26.8 Å². The molecule has 0 spiro atoms. The van der Waals surface area contributed by atoms with E-state index in [-0.39, 0.29) is 10.8 Å². The van der Waals surface area contributed by atoms with Crippen molar-refractivity contribution in [1.29, 1.82) is 0 Å². The number of thiophene rings is 1. The molecule has 1 aromatic heterocycles. The van der Waals surface area contributed by atoms with Gasteiger partial charge in [0.25, 0.3) is 5.91 Å². The van der Waals surface area contributed by atoms with Crippen LogP contribution >= 0.6 is 23.1 Å². The number of aryl methyl sites for hydroxylation is 1. The lowest BCUT2D eigenvalue weighted by Crippen LogP contribution is -2.48. The Labute approximate surface area is 186 Å².